The van der Waals surface area contributed by atoms with Crippen molar-refractivity contribution in [1.82, 2.24) is 10.3 Å². The maximum Gasteiger partial charge on any atom is 0.195 e. The van der Waals surface area contributed by atoms with Crippen LogP contribution in [0.4, 0.5) is 5.69 Å². The van der Waals surface area contributed by atoms with Gasteiger partial charge in [0.1, 0.15) is 0 Å². The van der Waals surface area contributed by atoms with Gasteiger partial charge in [0.05, 0.1) is 26.4 Å². The van der Waals surface area contributed by atoms with Crippen LogP contribution in [-0.4, -0.2) is 64.2 Å². The van der Waals surface area contributed by atoms with Gasteiger partial charge < -0.3 is 29.6 Å². The number of hydrogen-bond donors (Lipinski definition) is 2. The zero-order valence-corrected chi connectivity index (χ0v) is 18.1. The molecule has 168 valence electrons. The number of anilines is 1. The third-order valence-electron chi connectivity index (χ3n) is 4.56. The minimum atomic E-state index is 0.602. The van der Waals surface area contributed by atoms with Crippen molar-refractivity contribution < 1.29 is 18.9 Å². The summed E-state index contributed by atoms with van der Waals surface area (Å²) in [6.07, 6.45) is 4.33. The van der Waals surface area contributed by atoms with Crippen LogP contribution in [0, 0.1) is 0 Å². The Morgan fingerprint density at radius 3 is 2.84 bits per heavy atom. The second-order valence-corrected chi connectivity index (χ2v) is 7.02. The topological polar surface area (TPSA) is 86.2 Å². The van der Waals surface area contributed by atoms with E-state index in [1.54, 1.807) is 7.11 Å². The molecule has 1 aliphatic rings. The first-order valence-electron chi connectivity index (χ1n) is 10.8. The van der Waals surface area contributed by atoms with Gasteiger partial charge in [0.15, 0.2) is 17.5 Å². The van der Waals surface area contributed by atoms with Crippen molar-refractivity contribution in [2.24, 2.45) is 4.99 Å². The fourth-order valence-corrected chi connectivity index (χ4v) is 2.97. The van der Waals surface area contributed by atoms with Crippen LogP contribution in [-0.2, 0) is 15.9 Å². The summed E-state index contributed by atoms with van der Waals surface area (Å²) in [4.78, 5) is 9.06. The molecule has 1 aliphatic heterocycles. The van der Waals surface area contributed by atoms with Crippen molar-refractivity contribution in [2.45, 2.75) is 19.3 Å². The lowest BCUT2D eigenvalue weighted by molar-refractivity contribution is 0.0702. The molecule has 1 aromatic heterocycles. The average molecular weight is 429 g/mol. The molecule has 0 saturated heterocycles. The lowest BCUT2D eigenvalue weighted by Crippen LogP contribution is -2.33. The predicted octanol–water partition coefficient (Wildman–Crippen LogP) is 2.90. The number of nitrogens with one attached hydrogen (secondary N) is 2. The van der Waals surface area contributed by atoms with Gasteiger partial charge in [-0.15, -0.1) is 0 Å². The molecular weight excluding hydrogens is 396 g/mol. The predicted molar refractivity (Wildman–Crippen MR) is 121 cm³/mol. The highest BCUT2D eigenvalue weighted by atomic mass is 16.5. The molecule has 8 nitrogen and oxygen atoms in total. The third kappa shape index (κ3) is 8.43. The van der Waals surface area contributed by atoms with Crippen LogP contribution in [0.5, 0.6) is 11.5 Å². The fraction of sp³-hybridized carbons (Fsp3) is 0.478. The summed E-state index contributed by atoms with van der Waals surface area (Å²) < 4.78 is 22.0. The summed E-state index contributed by atoms with van der Waals surface area (Å²) in [6.45, 7) is 4.56. The molecule has 2 heterocycles. The van der Waals surface area contributed by atoms with Gasteiger partial charge in [0, 0.05) is 63.3 Å². The minimum Gasteiger partial charge on any atom is -0.490 e. The number of ether oxygens (including phenoxy) is 4. The van der Waals surface area contributed by atoms with E-state index >= 15 is 0 Å². The second-order valence-electron chi connectivity index (χ2n) is 7.02. The van der Waals surface area contributed by atoms with Crippen molar-refractivity contribution in [3.8, 4) is 11.5 Å². The highest BCUT2D eigenvalue weighted by Crippen LogP contribution is 2.32. The molecule has 2 N–H and O–H groups in total. The maximum atomic E-state index is 5.79. The third-order valence-corrected chi connectivity index (χ3v) is 4.56. The highest BCUT2D eigenvalue weighted by molar-refractivity contribution is 5.94. The summed E-state index contributed by atoms with van der Waals surface area (Å²) in [5.74, 6) is 2.24. The molecule has 8 heteroatoms. The van der Waals surface area contributed by atoms with Gasteiger partial charge in [0.2, 0.25) is 0 Å². The Morgan fingerprint density at radius 1 is 1.10 bits per heavy atom. The molecule has 31 heavy (non-hydrogen) atoms. The molecule has 0 bridgehead atoms. The van der Waals surface area contributed by atoms with Gasteiger partial charge >= 0.3 is 0 Å². The Bertz CT molecular complexity index is 801. The second kappa shape index (κ2) is 13.5. The van der Waals surface area contributed by atoms with Crippen molar-refractivity contribution >= 4 is 11.6 Å². The SMILES string of the molecule is COCCOCCCN=C(NCCc1ccccn1)Nc1ccc2c(c1)OCCCO2. The number of rotatable bonds is 11. The molecule has 0 atom stereocenters. The van der Waals surface area contributed by atoms with Gasteiger partial charge in [-0.2, -0.15) is 0 Å². The maximum absolute atomic E-state index is 5.79. The van der Waals surface area contributed by atoms with Gasteiger partial charge in [-0.05, 0) is 30.7 Å². The largest absolute Gasteiger partial charge is 0.490 e. The molecule has 0 radical (unpaired) electrons. The number of aromatic nitrogens is 1. The molecule has 3 rings (SSSR count). The van der Waals surface area contributed by atoms with E-state index in [1.807, 2.05) is 42.6 Å². The monoisotopic (exact) mass is 428 g/mol. The van der Waals surface area contributed by atoms with Crippen LogP contribution < -0.4 is 20.1 Å². The van der Waals surface area contributed by atoms with Crippen LogP contribution in [0.2, 0.25) is 0 Å². The number of aliphatic imine (C=N–C) groups is 1. The fourth-order valence-electron chi connectivity index (χ4n) is 2.97. The lowest BCUT2D eigenvalue weighted by atomic mass is 10.2. The molecular formula is C23H32N4O4. The van der Waals surface area contributed by atoms with Gasteiger partial charge in [-0.1, -0.05) is 6.07 Å². The van der Waals surface area contributed by atoms with Gasteiger partial charge in [-0.25, -0.2) is 0 Å². The summed E-state index contributed by atoms with van der Waals surface area (Å²) in [5, 5.41) is 6.76. The Balaban J connectivity index is 1.56. The van der Waals surface area contributed by atoms with Gasteiger partial charge in [-0.3, -0.25) is 9.98 Å². The van der Waals surface area contributed by atoms with E-state index in [9.17, 15) is 0 Å². The van der Waals surface area contributed by atoms with E-state index in [0.717, 1.165) is 48.7 Å². The van der Waals surface area contributed by atoms with E-state index < -0.39 is 0 Å². The normalized spacial score (nSPS) is 13.5. The summed E-state index contributed by atoms with van der Waals surface area (Å²) in [7, 11) is 1.67. The highest BCUT2D eigenvalue weighted by Gasteiger charge is 2.11. The Hall–Kier alpha value is -2.84. The van der Waals surface area contributed by atoms with Crippen LogP contribution in [0.25, 0.3) is 0 Å². The zero-order valence-electron chi connectivity index (χ0n) is 18.1. The van der Waals surface area contributed by atoms with Crippen LogP contribution in [0.15, 0.2) is 47.6 Å². The molecule has 0 fully saturated rings. The number of nitrogens with zero attached hydrogens (tertiary/aromatic N) is 2. The number of methoxy groups -OCH3 is 1. The first-order chi connectivity index (χ1) is 15.3. The van der Waals surface area contributed by atoms with E-state index in [1.165, 1.54) is 0 Å². The molecule has 0 aliphatic carbocycles. The van der Waals surface area contributed by atoms with Crippen LogP contribution >= 0.6 is 0 Å². The van der Waals surface area contributed by atoms with E-state index in [4.69, 9.17) is 18.9 Å². The average Bonchev–Trinajstić information content (AvgIpc) is 3.04. The Labute approximate surface area is 184 Å². The molecule has 0 saturated carbocycles. The quantitative estimate of drug-likeness (QED) is 0.323. The lowest BCUT2D eigenvalue weighted by Gasteiger charge is -2.14. The van der Waals surface area contributed by atoms with Crippen molar-refractivity contribution in [3.05, 3.63) is 48.3 Å². The molecule has 0 amide bonds. The number of guanidine groups is 1. The minimum absolute atomic E-state index is 0.602. The molecule has 1 aromatic carbocycles. The zero-order chi connectivity index (χ0) is 21.6. The van der Waals surface area contributed by atoms with Crippen molar-refractivity contribution in [2.75, 3.05) is 58.6 Å². The molecule has 2 aromatic rings. The molecule has 0 spiro atoms. The summed E-state index contributed by atoms with van der Waals surface area (Å²) in [5.41, 5.74) is 1.93. The Morgan fingerprint density at radius 2 is 2.00 bits per heavy atom. The summed E-state index contributed by atoms with van der Waals surface area (Å²) in [6, 6.07) is 11.8. The van der Waals surface area contributed by atoms with Gasteiger partial charge in [0.25, 0.3) is 0 Å². The Kier molecular flexibility index (Phi) is 9.92. The van der Waals surface area contributed by atoms with Crippen molar-refractivity contribution in [1.29, 1.82) is 0 Å². The van der Waals surface area contributed by atoms with Crippen LogP contribution in [0.3, 0.4) is 0 Å². The first-order valence-corrected chi connectivity index (χ1v) is 10.8. The van der Waals surface area contributed by atoms with E-state index in [2.05, 4.69) is 20.6 Å². The number of benzene rings is 1. The van der Waals surface area contributed by atoms with Crippen LogP contribution in [0.1, 0.15) is 18.5 Å². The molecule has 0 unspecified atom stereocenters. The summed E-state index contributed by atoms with van der Waals surface area (Å²) >= 11 is 0. The van der Waals surface area contributed by atoms with E-state index in [0.29, 0.717) is 45.5 Å². The number of hydrogen-bond acceptors (Lipinski definition) is 6. The smallest absolute Gasteiger partial charge is 0.195 e. The van der Waals surface area contributed by atoms with Crippen molar-refractivity contribution in [3.63, 3.8) is 0 Å². The standard InChI is InChI=1S/C23H32N4O4/c1-28-16-17-29-13-4-11-25-23(26-12-9-19-6-2-3-10-24-19)27-20-7-8-21-22(18-20)31-15-5-14-30-21/h2-3,6-8,10,18H,4-5,9,11-17H2,1H3,(H2,25,26,27). The number of pyridine rings is 1. The van der Waals surface area contributed by atoms with E-state index in [-0.39, 0.29) is 0 Å². The number of fused-ring (bicyclic) bond motifs is 1. The first kappa shape index (κ1) is 22.8.